The van der Waals surface area contributed by atoms with E-state index in [1.54, 1.807) is 0 Å². The number of nitrogens with zero attached hydrogens (tertiary/aromatic N) is 1. The van der Waals surface area contributed by atoms with Crippen molar-refractivity contribution in [2.24, 2.45) is 0 Å². The maximum absolute atomic E-state index is 12.3. The molecule has 2 heterocycles. The van der Waals surface area contributed by atoms with Gasteiger partial charge in [0.2, 0.25) is 0 Å². The van der Waals surface area contributed by atoms with Gasteiger partial charge in [0.1, 0.15) is 6.10 Å². The van der Waals surface area contributed by atoms with E-state index in [9.17, 15) is 4.79 Å². The number of amides is 1. The van der Waals surface area contributed by atoms with Crippen LogP contribution < -0.4 is 0 Å². The molecule has 4 rings (SSSR count). The van der Waals surface area contributed by atoms with Crippen LogP contribution in [0.25, 0.3) is 0 Å². The first kappa shape index (κ1) is 10.8. The highest BCUT2D eigenvalue weighted by atomic mass is 16.5. The summed E-state index contributed by atoms with van der Waals surface area (Å²) in [6, 6.07) is 17.8. The van der Waals surface area contributed by atoms with E-state index in [0.29, 0.717) is 6.54 Å². The summed E-state index contributed by atoms with van der Waals surface area (Å²) in [6.45, 7) is 0.627. The van der Waals surface area contributed by atoms with Crippen molar-refractivity contribution in [2.75, 3.05) is 6.54 Å². The molecule has 2 aromatic rings. The molecule has 0 radical (unpaired) electrons. The summed E-state index contributed by atoms with van der Waals surface area (Å²) in [7, 11) is 0. The number of rotatable bonds is 1. The number of hydrogen-bond donors (Lipinski definition) is 0. The maximum atomic E-state index is 12.3. The van der Waals surface area contributed by atoms with Crippen LogP contribution >= 0.6 is 0 Å². The first-order valence-electron chi connectivity index (χ1n) is 6.45. The zero-order valence-electron chi connectivity index (χ0n) is 10.3. The van der Waals surface area contributed by atoms with E-state index in [1.807, 2.05) is 59.5 Å². The Balaban J connectivity index is 1.70. The largest absolute Gasteiger partial charge is 0.344 e. The van der Waals surface area contributed by atoms with Gasteiger partial charge in [-0.2, -0.15) is 0 Å². The quantitative estimate of drug-likeness (QED) is 0.780. The third-order valence-electron chi connectivity index (χ3n) is 3.83. The Morgan fingerprint density at radius 1 is 1.00 bits per heavy atom. The lowest BCUT2D eigenvalue weighted by atomic mass is 10.1. The second-order valence-electron chi connectivity index (χ2n) is 4.93. The molecular formula is C16H13NO2. The van der Waals surface area contributed by atoms with Crippen LogP contribution in [0.5, 0.6) is 0 Å². The van der Waals surface area contributed by atoms with Gasteiger partial charge in [-0.25, -0.2) is 0 Å². The average Bonchev–Trinajstić information content (AvgIpc) is 3.01. The summed E-state index contributed by atoms with van der Waals surface area (Å²) in [5.74, 6) is 0.0824. The molecule has 0 bridgehead atoms. The molecule has 0 spiro atoms. The first-order valence-corrected chi connectivity index (χ1v) is 6.45. The van der Waals surface area contributed by atoms with Crippen LogP contribution in [0.1, 0.15) is 33.8 Å². The summed E-state index contributed by atoms with van der Waals surface area (Å²) in [6.07, 6.45) is -0.239. The number of fused-ring (bicyclic) bond motifs is 3. The molecule has 2 atom stereocenters. The normalized spacial score (nSPS) is 24.4. The second kappa shape index (κ2) is 3.93. The number of benzene rings is 2. The monoisotopic (exact) mass is 251 g/mol. The fraction of sp³-hybridized carbons (Fsp3) is 0.188. The lowest BCUT2D eigenvalue weighted by Gasteiger charge is -2.12. The predicted molar refractivity (Wildman–Crippen MR) is 70.5 cm³/mol. The molecule has 1 amide bonds. The lowest BCUT2D eigenvalue weighted by Crippen LogP contribution is -2.23. The number of hydrogen-bond acceptors (Lipinski definition) is 2. The van der Waals surface area contributed by atoms with Gasteiger partial charge >= 0.3 is 0 Å². The summed E-state index contributed by atoms with van der Waals surface area (Å²) >= 11 is 0. The summed E-state index contributed by atoms with van der Waals surface area (Å²) in [4.78, 5) is 14.1. The molecule has 2 aliphatic rings. The Labute approximate surface area is 111 Å². The van der Waals surface area contributed by atoms with Gasteiger partial charge in [0.15, 0.2) is 6.23 Å². The highest BCUT2D eigenvalue weighted by Crippen LogP contribution is 2.43. The molecule has 0 aromatic heterocycles. The third-order valence-corrected chi connectivity index (χ3v) is 3.83. The van der Waals surface area contributed by atoms with E-state index in [1.165, 1.54) is 0 Å². The van der Waals surface area contributed by atoms with Crippen LogP contribution in [-0.2, 0) is 4.74 Å². The Bertz CT molecular complexity index is 638. The van der Waals surface area contributed by atoms with Crippen LogP contribution in [0.15, 0.2) is 54.6 Å². The fourth-order valence-corrected chi connectivity index (χ4v) is 2.89. The van der Waals surface area contributed by atoms with Crippen molar-refractivity contribution in [1.82, 2.24) is 4.90 Å². The van der Waals surface area contributed by atoms with Crippen molar-refractivity contribution in [1.29, 1.82) is 0 Å². The number of ether oxygens (including phenoxy) is 1. The molecular weight excluding hydrogens is 238 g/mol. The summed E-state index contributed by atoms with van der Waals surface area (Å²) in [5, 5.41) is 0. The lowest BCUT2D eigenvalue weighted by molar-refractivity contribution is 0.00913. The molecule has 0 aliphatic carbocycles. The maximum Gasteiger partial charge on any atom is 0.256 e. The van der Waals surface area contributed by atoms with E-state index in [-0.39, 0.29) is 18.2 Å². The molecule has 1 saturated heterocycles. The van der Waals surface area contributed by atoms with Gasteiger partial charge in [0, 0.05) is 11.1 Å². The molecule has 2 aromatic carbocycles. The zero-order valence-corrected chi connectivity index (χ0v) is 10.3. The van der Waals surface area contributed by atoms with Crippen LogP contribution in [0, 0.1) is 0 Å². The first-order chi connectivity index (χ1) is 9.34. The number of carbonyl (C=O) groups is 1. The molecule has 1 fully saturated rings. The zero-order chi connectivity index (χ0) is 12.8. The van der Waals surface area contributed by atoms with Crippen molar-refractivity contribution in [3.8, 4) is 0 Å². The van der Waals surface area contributed by atoms with E-state index >= 15 is 0 Å². The van der Waals surface area contributed by atoms with E-state index in [0.717, 1.165) is 16.7 Å². The highest BCUT2D eigenvalue weighted by Gasteiger charge is 2.44. The van der Waals surface area contributed by atoms with Gasteiger partial charge in [-0.05, 0) is 11.6 Å². The molecule has 3 heteroatoms. The Hall–Kier alpha value is -2.13. The second-order valence-corrected chi connectivity index (χ2v) is 4.93. The minimum atomic E-state index is -0.214. The van der Waals surface area contributed by atoms with Crippen LogP contribution in [0.2, 0.25) is 0 Å². The van der Waals surface area contributed by atoms with Crippen molar-refractivity contribution in [2.45, 2.75) is 12.3 Å². The van der Waals surface area contributed by atoms with Gasteiger partial charge in [0.25, 0.3) is 5.91 Å². The van der Waals surface area contributed by atoms with Crippen molar-refractivity contribution in [3.63, 3.8) is 0 Å². The predicted octanol–water partition coefficient (Wildman–Crippen LogP) is 2.91. The number of carbonyl (C=O) groups excluding carboxylic acids is 1. The van der Waals surface area contributed by atoms with E-state index < -0.39 is 0 Å². The molecule has 3 nitrogen and oxygen atoms in total. The topological polar surface area (TPSA) is 29.5 Å². The van der Waals surface area contributed by atoms with E-state index in [2.05, 4.69) is 0 Å². The Kier molecular flexibility index (Phi) is 2.23. The minimum Gasteiger partial charge on any atom is -0.344 e. The van der Waals surface area contributed by atoms with Gasteiger partial charge in [0.05, 0.1) is 6.54 Å². The molecule has 19 heavy (non-hydrogen) atoms. The Morgan fingerprint density at radius 2 is 1.74 bits per heavy atom. The standard InChI is InChI=1S/C16H13NO2/c18-15-12-8-4-5-9-13(12)16-17(15)10-14(19-16)11-6-2-1-3-7-11/h1-9,14,16H,10H2/t14-,16-/m0/s1. The van der Waals surface area contributed by atoms with Crippen LogP contribution in [0.3, 0.4) is 0 Å². The molecule has 0 saturated carbocycles. The smallest absolute Gasteiger partial charge is 0.256 e. The summed E-state index contributed by atoms with van der Waals surface area (Å²) < 4.78 is 6.07. The van der Waals surface area contributed by atoms with Gasteiger partial charge in [-0.3, -0.25) is 4.79 Å². The minimum absolute atomic E-state index is 0.0245. The van der Waals surface area contributed by atoms with Crippen molar-refractivity contribution in [3.05, 3.63) is 71.3 Å². The van der Waals surface area contributed by atoms with Gasteiger partial charge in [-0.1, -0.05) is 48.5 Å². The van der Waals surface area contributed by atoms with Crippen molar-refractivity contribution >= 4 is 5.91 Å². The average molecular weight is 251 g/mol. The molecule has 94 valence electrons. The highest BCUT2D eigenvalue weighted by molar-refractivity contribution is 5.99. The van der Waals surface area contributed by atoms with Crippen molar-refractivity contribution < 1.29 is 9.53 Å². The fourth-order valence-electron chi connectivity index (χ4n) is 2.89. The van der Waals surface area contributed by atoms with E-state index in [4.69, 9.17) is 4.74 Å². The summed E-state index contributed by atoms with van der Waals surface area (Å²) in [5.41, 5.74) is 2.90. The third kappa shape index (κ3) is 1.52. The molecule has 0 N–H and O–H groups in total. The van der Waals surface area contributed by atoms with Gasteiger partial charge in [-0.15, -0.1) is 0 Å². The SMILES string of the molecule is O=C1c2ccccc2[C@@H]2O[C@H](c3ccccc3)CN12. The molecule has 0 unspecified atom stereocenters. The van der Waals surface area contributed by atoms with Crippen LogP contribution in [-0.4, -0.2) is 17.4 Å². The van der Waals surface area contributed by atoms with Crippen LogP contribution in [0.4, 0.5) is 0 Å². The Morgan fingerprint density at radius 3 is 2.58 bits per heavy atom. The van der Waals surface area contributed by atoms with Gasteiger partial charge < -0.3 is 9.64 Å². The molecule has 2 aliphatic heterocycles.